The first-order valence-corrected chi connectivity index (χ1v) is 7.35. The van der Waals surface area contributed by atoms with E-state index in [1.54, 1.807) is 0 Å². The molecule has 0 fully saturated rings. The third-order valence-electron chi connectivity index (χ3n) is 2.31. The molecule has 0 atom stereocenters. The van der Waals surface area contributed by atoms with Gasteiger partial charge in [0.1, 0.15) is 4.90 Å². The van der Waals surface area contributed by atoms with E-state index in [0.29, 0.717) is 0 Å². The van der Waals surface area contributed by atoms with Crippen LogP contribution in [0.25, 0.3) is 0 Å². The molecule has 0 bridgehead atoms. The van der Waals surface area contributed by atoms with Gasteiger partial charge in [0.05, 0.1) is 19.2 Å². The van der Waals surface area contributed by atoms with Gasteiger partial charge in [0.15, 0.2) is 0 Å². The zero-order valence-electron chi connectivity index (χ0n) is 10.6. The van der Waals surface area contributed by atoms with Crippen LogP contribution >= 0.6 is 11.6 Å². The summed E-state index contributed by atoms with van der Waals surface area (Å²) >= 11 is 5.69. The number of sulfonamides is 1. The molecule has 1 amide bonds. The number of halogens is 1. The molecule has 0 unspecified atom stereocenters. The quantitative estimate of drug-likeness (QED) is 0.781. The van der Waals surface area contributed by atoms with Crippen molar-refractivity contribution >= 4 is 39.2 Å². The molecule has 0 aliphatic heterocycles. The summed E-state index contributed by atoms with van der Waals surface area (Å²) in [6, 6.07) is 3.86. The minimum absolute atomic E-state index is 0.00626. The van der Waals surface area contributed by atoms with Crippen molar-refractivity contribution in [1.29, 1.82) is 0 Å². The minimum atomic E-state index is -4.03. The lowest BCUT2D eigenvalue weighted by Gasteiger charge is -2.09. The molecule has 3 N–H and O–H groups in total. The summed E-state index contributed by atoms with van der Waals surface area (Å²) in [5.74, 6) is -1.08. The summed E-state index contributed by atoms with van der Waals surface area (Å²) in [4.78, 5) is 22.2. The fraction of sp³-hybridized carbons (Fsp3) is 0.273. The van der Waals surface area contributed by atoms with Gasteiger partial charge in [0.25, 0.3) is 0 Å². The van der Waals surface area contributed by atoms with Crippen LogP contribution in [-0.4, -0.2) is 27.4 Å². The standard InChI is InChI=1S/C11H13ClN2O5S/c1-19-11(16)5-4-10(15)14-8-3-2-7(12)6-9(8)20(13,17)18/h2-3,6H,4-5H2,1H3,(H,14,15)(H2,13,17,18). The number of hydrogen-bond acceptors (Lipinski definition) is 5. The van der Waals surface area contributed by atoms with Crippen LogP contribution in [0, 0.1) is 0 Å². The lowest BCUT2D eigenvalue weighted by molar-refractivity contribution is -0.141. The molecule has 0 saturated carbocycles. The average Bonchev–Trinajstić information content (AvgIpc) is 2.36. The lowest BCUT2D eigenvalue weighted by atomic mass is 10.2. The number of methoxy groups -OCH3 is 1. The van der Waals surface area contributed by atoms with E-state index >= 15 is 0 Å². The van der Waals surface area contributed by atoms with E-state index in [1.807, 2.05) is 0 Å². The summed E-state index contributed by atoms with van der Waals surface area (Å²) in [5, 5.41) is 7.56. The van der Waals surface area contributed by atoms with Crippen LogP contribution in [0.5, 0.6) is 0 Å². The molecular formula is C11H13ClN2O5S. The second-order valence-corrected chi connectivity index (χ2v) is 5.78. The number of nitrogens with one attached hydrogen (secondary N) is 1. The summed E-state index contributed by atoms with van der Waals surface area (Å²) in [6.07, 6.45) is -0.250. The Morgan fingerprint density at radius 2 is 2.00 bits per heavy atom. The minimum Gasteiger partial charge on any atom is -0.469 e. The van der Waals surface area contributed by atoms with Gasteiger partial charge in [-0.05, 0) is 18.2 Å². The van der Waals surface area contributed by atoms with Crippen molar-refractivity contribution in [2.45, 2.75) is 17.7 Å². The first kappa shape index (κ1) is 16.4. The third-order valence-corrected chi connectivity index (χ3v) is 3.49. The van der Waals surface area contributed by atoms with Gasteiger partial charge < -0.3 is 10.1 Å². The van der Waals surface area contributed by atoms with Gasteiger partial charge in [-0.3, -0.25) is 9.59 Å². The highest BCUT2D eigenvalue weighted by Gasteiger charge is 2.17. The van der Waals surface area contributed by atoms with Crippen LogP contribution in [-0.2, 0) is 24.3 Å². The molecule has 0 heterocycles. The molecule has 0 spiro atoms. The maximum absolute atomic E-state index is 11.6. The van der Waals surface area contributed by atoms with E-state index in [2.05, 4.69) is 10.1 Å². The second kappa shape index (κ2) is 6.69. The molecule has 0 saturated heterocycles. The number of carbonyl (C=O) groups is 2. The van der Waals surface area contributed by atoms with Crippen LogP contribution < -0.4 is 10.5 Å². The highest BCUT2D eigenvalue weighted by molar-refractivity contribution is 7.89. The van der Waals surface area contributed by atoms with Crippen molar-refractivity contribution in [3.63, 3.8) is 0 Å². The Bertz CT molecular complexity index is 630. The van der Waals surface area contributed by atoms with E-state index in [9.17, 15) is 18.0 Å². The van der Waals surface area contributed by atoms with Gasteiger partial charge in [0, 0.05) is 11.4 Å². The maximum atomic E-state index is 11.6. The molecule has 0 aromatic heterocycles. The number of rotatable bonds is 5. The number of carbonyl (C=O) groups excluding carboxylic acids is 2. The number of primary sulfonamides is 1. The maximum Gasteiger partial charge on any atom is 0.306 e. The summed E-state index contributed by atoms with van der Waals surface area (Å²) < 4.78 is 27.2. The summed E-state index contributed by atoms with van der Waals surface area (Å²) in [6.45, 7) is 0. The highest BCUT2D eigenvalue weighted by Crippen LogP contribution is 2.24. The number of amides is 1. The molecule has 1 aromatic carbocycles. The molecule has 0 radical (unpaired) electrons. The Morgan fingerprint density at radius 3 is 2.55 bits per heavy atom. The van der Waals surface area contributed by atoms with E-state index < -0.39 is 21.9 Å². The predicted molar refractivity (Wildman–Crippen MR) is 72.7 cm³/mol. The van der Waals surface area contributed by atoms with E-state index in [0.717, 1.165) is 6.07 Å². The predicted octanol–water partition coefficient (Wildman–Crippen LogP) is 0.879. The van der Waals surface area contributed by atoms with Crippen LogP contribution in [0.15, 0.2) is 23.1 Å². The van der Waals surface area contributed by atoms with Crippen molar-refractivity contribution in [2.24, 2.45) is 5.14 Å². The normalized spacial score (nSPS) is 10.9. The van der Waals surface area contributed by atoms with Gasteiger partial charge in [-0.2, -0.15) is 0 Å². The molecule has 1 aromatic rings. The van der Waals surface area contributed by atoms with Crippen molar-refractivity contribution in [2.75, 3.05) is 12.4 Å². The van der Waals surface area contributed by atoms with Gasteiger partial charge >= 0.3 is 5.97 Å². The fourth-order valence-corrected chi connectivity index (χ4v) is 2.32. The zero-order valence-corrected chi connectivity index (χ0v) is 12.1. The van der Waals surface area contributed by atoms with Crippen LogP contribution in [0.2, 0.25) is 5.02 Å². The molecule has 20 heavy (non-hydrogen) atoms. The van der Waals surface area contributed by atoms with Gasteiger partial charge in [-0.1, -0.05) is 11.6 Å². The molecular weight excluding hydrogens is 308 g/mol. The molecule has 9 heteroatoms. The molecule has 7 nitrogen and oxygen atoms in total. The second-order valence-electron chi connectivity index (χ2n) is 3.81. The number of anilines is 1. The monoisotopic (exact) mass is 320 g/mol. The molecule has 110 valence electrons. The average molecular weight is 321 g/mol. The number of esters is 1. The number of nitrogens with two attached hydrogens (primary N) is 1. The first-order valence-electron chi connectivity index (χ1n) is 5.43. The number of ether oxygens (including phenoxy) is 1. The number of benzene rings is 1. The molecule has 0 aliphatic rings. The number of hydrogen-bond donors (Lipinski definition) is 2. The van der Waals surface area contributed by atoms with E-state index in [-0.39, 0.29) is 28.4 Å². The Labute approximate surface area is 121 Å². The van der Waals surface area contributed by atoms with Crippen LogP contribution in [0.1, 0.15) is 12.8 Å². The Kier molecular flexibility index (Phi) is 5.49. The first-order chi connectivity index (χ1) is 9.24. The topological polar surface area (TPSA) is 116 Å². The Morgan fingerprint density at radius 1 is 1.35 bits per heavy atom. The third kappa shape index (κ3) is 4.80. The summed E-state index contributed by atoms with van der Waals surface area (Å²) in [5.41, 5.74) is 0.00626. The Balaban J connectivity index is 2.88. The SMILES string of the molecule is COC(=O)CCC(=O)Nc1ccc(Cl)cc1S(N)(=O)=O. The lowest BCUT2D eigenvalue weighted by Crippen LogP contribution is -2.19. The van der Waals surface area contributed by atoms with Crippen molar-refractivity contribution in [3.05, 3.63) is 23.2 Å². The van der Waals surface area contributed by atoms with Crippen LogP contribution in [0.3, 0.4) is 0 Å². The van der Waals surface area contributed by atoms with Gasteiger partial charge in [0.2, 0.25) is 15.9 Å². The molecule has 0 aliphatic carbocycles. The van der Waals surface area contributed by atoms with Crippen molar-refractivity contribution in [3.8, 4) is 0 Å². The Hall–Kier alpha value is -1.64. The van der Waals surface area contributed by atoms with Gasteiger partial charge in [-0.25, -0.2) is 13.6 Å². The van der Waals surface area contributed by atoms with Crippen molar-refractivity contribution in [1.82, 2.24) is 0 Å². The van der Waals surface area contributed by atoms with E-state index in [4.69, 9.17) is 16.7 Å². The van der Waals surface area contributed by atoms with E-state index in [1.165, 1.54) is 19.2 Å². The van der Waals surface area contributed by atoms with Gasteiger partial charge in [-0.15, -0.1) is 0 Å². The highest BCUT2D eigenvalue weighted by atomic mass is 35.5. The smallest absolute Gasteiger partial charge is 0.306 e. The van der Waals surface area contributed by atoms with Crippen molar-refractivity contribution < 1.29 is 22.7 Å². The van der Waals surface area contributed by atoms with Crippen LogP contribution in [0.4, 0.5) is 5.69 Å². The summed E-state index contributed by atoms with van der Waals surface area (Å²) in [7, 11) is -2.82. The zero-order chi connectivity index (χ0) is 15.3. The molecule has 1 rings (SSSR count). The fourth-order valence-electron chi connectivity index (χ4n) is 1.37. The largest absolute Gasteiger partial charge is 0.469 e.